The number of carbonyl (C=O) groups is 2. The van der Waals surface area contributed by atoms with Crippen LogP contribution in [-0.4, -0.2) is 29.7 Å². The van der Waals surface area contributed by atoms with E-state index in [4.69, 9.17) is 0 Å². The third-order valence-electron chi connectivity index (χ3n) is 3.37. The molecule has 1 rings (SSSR count). The number of carbonyl (C=O) groups excluding carboxylic acids is 2. The first-order chi connectivity index (χ1) is 6.93. The van der Waals surface area contributed by atoms with E-state index in [9.17, 15) is 9.59 Å². The molecule has 2 atom stereocenters. The number of rotatable bonds is 2. The second-order valence-electron chi connectivity index (χ2n) is 4.93. The van der Waals surface area contributed by atoms with Crippen LogP contribution in [0.5, 0.6) is 0 Å². The molecule has 0 aromatic rings. The highest BCUT2D eigenvalue weighted by molar-refractivity contribution is 5.85. The molecule has 86 valence electrons. The molecule has 2 unspecified atom stereocenters. The van der Waals surface area contributed by atoms with E-state index in [1.807, 2.05) is 18.7 Å². The zero-order valence-corrected chi connectivity index (χ0v) is 10.1. The minimum atomic E-state index is 0.0158. The lowest BCUT2D eigenvalue weighted by atomic mass is 9.93. The standard InChI is InChI=1S/C12H21NO2/c1-8(2)10(4)12(15)13-6-5-11(14)9(3)7-13/h8-10H,5-7H2,1-4H3. The third kappa shape index (κ3) is 2.80. The number of likely N-dealkylation sites (tertiary alicyclic amines) is 1. The molecule has 0 saturated carbocycles. The predicted molar refractivity (Wildman–Crippen MR) is 59.4 cm³/mol. The molecule has 15 heavy (non-hydrogen) atoms. The highest BCUT2D eigenvalue weighted by atomic mass is 16.2. The largest absolute Gasteiger partial charge is 0.341 e. The van der Waals surface area contributed by atoms with Crippen LogP contribution in [0.25, 0.3) is 0 Å². The lowest BCUT2D eigenvalue weighted by Gasteiger charge is -2.32. The van der Waals surface area contributed by atoms with Crippen LogP contribution < -0.4 is 0 Å². The first-order valence-electron chi connectivity index (χ1n) is 5.75. The molecule has 1 amide bonds. The zero-order chi connectivity index (χ0) is 11.6. The number of hydrogen-bond donors (Lipinski definition) is 0. The van der Waals surface area contributed by atoms with Gasteiger partial charge in [-0.1, -0.05) is 27.7 Å². The quantitative estimate of drug-likeness (QED) is 0.697. The van der Waals surface area contributed by atoms with Crippen LogP contribution in [-0.2, 0) is 9.59 Å². The number of hydrogen-bond acceptors (Lipinski definition) is 2. The number of ketones is 1. The van der Waals surface area contributed by atoms with Gasteiger partial charge >= 0.3 is 0 Å². The van der Waals surface area contributed by atoms with Gasteiger partial charge < -0.3 is 4.90 Å². The Hall–Kier alpha value is -0.860. The maximum Gasteiger partial charge on any atom is 0.225 e. The molecular formula is C12H21NO2. The highest BCUT2D eigenvalue weighted by Crippen LogP contribution is 2.18. The van der Waals surface area contributed by atoms with Gasteiger partial charge in [0.15, 0.2) is 0 Å². The van der Waals surface area contributed by atoms with Crippen molar-refractivity contribution >= 4 is 11.7 Å². The van der Waals surface area contributed by atoms with Crippen molar-refractivity contribution in [3.63, 3.8) is 0 Å². The van der Waals surface area contributed by atoms with Gasteiger partial charge in [0.25, 0.3) is 0 Å². The van der Waals surface area contributed by atoms with Gasteiger partial charge in [0.1, 0.15) is 5.78 Å². The first-order valence-corrected chi connectivity index (χ1v) is 5.75. The molecule has 0 aromatic carbocycles. The van der Waals surface area contributed by atoms with Crippen LogP contribution in [0.1, 0.15) is 34.1 Å². The van der Waals surface area contributed by atoms with Crippen molar-refractivity contribution in [3.05, 3.63) is 0 Å². The molecule has 1 saturated heterocycles. The molecule has 0 bridgehead atoms. The monoisotopic (exact) mass is 211 g/mol. The number of nitrogens with zero attached hydrogens (tertiary/aromatic N) is 1. The van der Waals surface area contributed by atoms with E-state index in [1.165, 1.54) is 0 Å². The van der Waals surface area contributed by atoms with Crippen molar-refractivity contribution in [2.24, 2.45) is 17.8 Å². The molecular weight excluding hydrogens is 190 g/mol. The van der Waals surface area contributed by atoms with Crippen molar-refractivity contribution in [1.82, 2.24) is 4.90 Å². The number of Topliss-reactive ketones (excluding diaryl/α,β-unsaturated/α-hetero) is 1. The summed E-state index contributed by atoms with van der Waals surface area (Å²) < 4.78 is 0. The molecule has 0 aromatic heterocycles. The van der Waals surface area contributed by atoms with Crippen LogP contribution in [0.4, 0.5) is 0 Å². The summed E-state index contributed by atoms with van der Waals surface area (Å²) in [5.74, 6) is 0.929. The van der Waals surface area contributed by atoms with Crippen LogP contribution in [0, 0.1) is 17.8 Å². The summed E-state index contributed by atoms with van der Waals surface area (Å²) in [5.41, 5.74) is 0. The minimum Gasteiger partial charge on any atom is -0.341 e. The lowest BCUT2D eigenvalue weighted by molar-refractivity contribution is -0.140. The Kier molecular flexibility index (Phi) is 3.89. The second-order valence-corrected chi connectivity index (χ2v) is 4.93. The molecule has 0 N–H and O–H groups in total. The minimum absolute atomic E-state index is 0.0158. The van der Waals surface area contributed by atoms with Crippen molar-refractivity contribution in [2.45, 2.75) is 34.1 Å². The number of piperidine rings is 1. The number of amides is 1. The van der Waals surface area contributed by atoms with Gasteiger partial charge in [-0.05, 0) is 5.92 Å². The Bertz CT molecular complexity index is 260. The van der Waals surface area contributed by atoms with Gasteiger partial charge in [-0.25, -0.2) is 0 Å². The zero-order valence-electron chi connectivity index (χ0n) is 10.1. The molecule has 1 aliphatic rings. The molecule has 0 aliphatic carbocycles. The fourth-order valence-corrected chi connectivity index (χ4v) is 1.79. The Balaban J connectivity index is 2.58. The summed E-state index contributed by atoms with van der Waals surface area (Å²) in [6, 6.07) is 0. The Morgan fingerprint density at radius 1 is 1.40 bits per heavy atom. The normalized spacial score (nSPS) is 24.5. The van der Waals surface area contributed by atoms with Crippen molar-refractivity contribution in [2.75, 3.05) is 13.1 Å². The van der Waals surface area contributed by atoms with E-state index in [0.717, 1.165) is 0 Å². The summed E-state index contributed by atoms with van der Waals surface area (Å²) in [7, 11) is 0. The van der Waals surface area contributed by atoms with E-state index in [0.29, 0.717) is 25.4 Å². The van der Waals surface area contributed by atoms with Crippen molar-refractivity contribution in [1.29, 1.82) is 0 Å². The highest BCUT2D eigenvalue weighted by Gasteiger charge is 2.29. The average molecular weight is 211 g/mol. The molecule has 1 fully saturated rings. The smallest absolute Gasteiger partial charge is 0.225 e. The van der Waals surface area contributed by atoms with Gasteiger partial charge in [-0.2, -0.15) is 0 Å². The molecule has 0 spiro atoms. The molecule has 3 nitrogen and oxygen atoms in total. The summed E-state index contributed by atoms with van der Waals surface area (Å²) in [6.45, 7) is 9.20. The van der Waals surface area contributed by atoms with Gasteiger partial charge in [-0.3, -0.25) is 9.59 Å². The van der Waals surface area contributed by atoms with Crippen LogP contribution >= 0.6 is 0 Å². The Labute approximate surface area is 91.8 Å². The fourth-order valence-electron chi connectivity index (χ4n) is 1.79. The fraction of sp³-hybridized carbons (Fsp3) is 0.833. The predicted octanol–water partition coefficient (Wildman–Crippen LogP) is 1.72. The van der Waals surface area contributed by atoms with Crippen molar-refractivity contribution < 1.29 is 9.59 Å². The van der Waals surface area contributed by atoms with Crippen LogP contribution in [0.3, 0.4) is 0 Å². The summed E-state index contributed by atoms with van der Waals surface area (Å²) in [5, 5.41) is 0. The molecule has 1 aliphatic heterocycles. The molecule has 3 heteroatoms. The maximum absolute atomic E-state index is 12.0. The van der Waals surface area contributed by atoms with E-state index >= 15 is 0 Å². The topological polar surface area (TPSA) is 37.4 Å². The van der Waals surface area contributed by atoms with Gasteiger partial charge in [-0.15, -0.1) is 0 Å². The SMILES string of the molecule is CC1CN(C(=O)C(C)C(C)C)CCC1=O. The van der Waals surface area contributed by atoms with E-state index < -0.39 is 0 Å². The average Bonchev–Trinajstić information content (AvgIpc) is 2.19. The molecule has 1 heterocycles. The summed E-state index contributed by atoms with van der Waals surface area (Å²) in [4.78, 5) is 25.2. The summed E-state index contributed by atoms with van der Waals surface area (Å²) >= 11 is 0. The summed E-state index contributed by atoms with van der Waals surface area (Å²) in [6.07, 6.45) is 0.526. The Morgan fingerprint density at radius 3 is 2.47 bits per heavy atom. The van der Waals surface area contributed by atoms with E-state index in [1.54, 1.807) is 0 Å². The molecule has 0 radical (unpaired) electrons. The van der Waals surface area contributed by atoms with Gasteiger partial charge in [0.2, 0.25) is 5.91 Å². The second kappa shape index (κ2) is 4.77. The van der Waals surface area contributed by atoms with Gasteiger partial charge in [0, 0.05) is 31.3 Å². The van der Waals surface area contributed by atoms with Gasteiger partial charge in [0.05, 0.1) is 0 Å². The third-order valence-corrected chi connectivity index (χ3v) is 3.37. The van der Waals surface area contributed by atoms with Crippen LogP contribution in [0.15, 0.2) is 0 Å². The van der Waals surface area contributed by atoms with Crippen LogP contribution in [0.2, 0.25) is 0 Å². The van der Waals surface area contributed by atoms with Crippen molar-refractivity contribution in [3.8, 4) is 0 Å². The van der Waals surface area contributed by atoms with E-state index in [-0.39, 0.29) is 23.5 Å². The lowest BCUT2D eigenvalue weighted by Crippen LogP contribution is -2.46. The first kappa shape index (κ1) is 12.2. The van der Waals surface area contributed by atoms with E-state index in [2.05, 4.69) is 13.8 Å². The maximum atomic E-state index is 12.0. The Morgan fingerprint density at radius 2 is 2.00 bits per heavy atom.